The summed E-state index contributed by atoms with van der Waals surface area (Å²) in [7, 11) is 1.84. The third kappa shape index (κ3) is 2.53. The van der Waals surface area contributed by atoms with Gasteiger partial charge in [-0.25, -0.2) is 0 Å². The Kier molecular flexibility index (Phi) is 3.70. The monoisotopic (exact) mass is 339 g/mol. The van der Waals surface area contributed by atoms with Crippen molar-refractivity contribution in [1.29, 1.82) is 0 Å². The van der Waals surface area contributed by atoms with Crippen LogP contribution in [0.5, 0.6) is 0 Å². The molecule has 5 nitrogen and oxygen atoms in total. The smallest absolute Gasteiger partial charge is 0.274 e. The molecule has 0 saturated heterocycles. The Labute approximate surface area is 143 Å². The highest BCUT2D eigenvalue weighted by atomic mass is 32.1. The number of rotatable bonds is 2. The van der Waals surface area contributed by atoms with E-state index in [-0.39, 0.29) is 5.91 Å². The molecule has 1 aliphatic heterocycles. The highest BCUT2D eigenvalue weighted by Gasteiger charge is 2.28. The first-order chi connectivity index (χ1) is 11.6. The van der Waals surface area contributed by atoms with Crippen LogP contribution < -0.4 is 0 Å². The minimum absolute atomic E-state index is 0.151. The molecule has 6 heteroatoms. The van der Waals surface area contributed by atoms with Gasteiger partial charge in [0.15, 0.2) is 5.69 Å². The van der Waals surface area contributed by atoms with Crippen molar-refractivity contribution in [2.24, 2.45) is 7.05 Å². The topological polar surface area (TPSA) is 58.4 Å². The van der Waals surface area contributed by atoms with Gasteiger partial charge in [-0.3, -0.25) is 9.48 Å². The molecule has 1 aromatic carbocycles. The summed E-state index contributed by atoms with van der Waals surface area (Å²) < 4.78 is 1.73. The Bertz CT molecular complexity index is 886. The standard InChI is InChI=1S/C18H17N3O2S/c1-20-15(17-7-4-8-24-17)9-14(19-20)18(23)21-10-12-5-2-3-6-13(12)16(22)11-21/h2-9,16,22H,10-11H2,1H3/t16-/m0/s1. The number of hydrogen-bond donors (Lipinski definition) is 1. The molecule has 3 aromatic rings. The quantitative estimate of drug-likeness (QED) is 0.781. The van der Waals surface area contributed by atoms with E-state index in [4.69, 9.17) is 0 Å². The Morgan fingerprint density at radius 3 is 2.92 bits per heavy atom. The predicted molar refractivity (Wildman–Crippen MR) is 92.7 cm³/mol. The molecule has 0 aliphatic carbocycles. The van der Waals surface area contributed by atoms with Crippen LogP contribution in [-0.4, -0.2) is 32.2 Å². The van der Waals surface area contributed by atoms with E-state index in [0.29, 0.717) is 18.8 Å². The molecular formula is C18H17N3O2S. The number of nitrogens with zero attached hydrogens (tertiary/aromatic N) is 3. The van der Waals surface area contributed by atoms with Crippen molar-refractivity contribution in [3.05, 3.63) is 64.7 Å². The lowest BCUT2D eigenvalue weighted by atomic mass is 9.97. The van der Waals surface area contributed by atoms with Gasteiger partial charge < -0.3 is 10.0 Å². The zero-order valence-electron chi connectivity index (χ0n) is 13.2. The van der Waals surface area contributed by atoms with E-state index in [1.54, 1.807) is 20.9 Å². The first-order valence-corrected chi connectivity index (χ1v) is 8.64. The summed E-state index contributed by atoms with van der Waals surface area (Å²) in [6.45, 7) is 0.789. The number of aliphatic hydroxyl groups is 1. The van der Waals surface area contributed by atoms with Crippen LogP contribution in [0.15, 0.2) is 47.8 Å². The minimum atomic E-state index is -0.653. The van der Waals surface area contributed by atoms with Crippen LogP contribution in [0.1, 0.15) is 27.7 Å². The molecule has 0 bridgehead atoms. The number of hydrogen-bond acceptors (Lipinski definition) is 4. The van der Waals surface area contributed by atoms with Crippen LogP contribution >= 0.6 is 11.3 Å². The van der Waals surface area contributed by atoms with Crippen LogP contribution in [0.4, 0.5) is 0 Å². The fourth-order valence-electron chi connectivity index (χ4n) is 3.12. The van der Waals surface area contributed by atoms with Gasteiger partial charge in [0.25, 0.3) is 5.91 Å². The number of aromatic nitrogens is 2. The number of carbonyl (C=O) groups is 1. The largest absolute Gasteiger partial charge is 0.387 e. The molecule has 1 atom stereocenters. The van der Waals surface area contributed by atoms with E-state index in [0.717, 1.165) is 21.7 Å². The summed E-state index contributed by atoms with van der Waals surface area (Å²) in [5, 5.41) is 16.7. The van der Waals surface area contributed by atoms with Crippen molar-refractivity contribution in [1.82, 2.24) is 14.7 Å². The molecule has 0 saturated carbocycles. The lowest BCUT2D eigenvalue weighted by Crippen LogP contribution is -2.38. The molecule has 122 valence electrons. The molecule has 0 unspecified atom stereocenters. The molecular weight excluding hydrogens is 322 g/mol. The second-order valence-electron chi connectivity index (χ2n) is 5.92. The first kappa shape index (κ1) is 15.1. The molecule has 24 heavy (non-hydrogen) atoms. The summed E-state index contributed by atoms with van der Waals surface area (Å²) >= 11 is 1.62. The van der Waals surface area contributed by atoms with Crippen LogP contribution in [-0.2, 0) is 13.6 Å². The predicted octanol–water partition coefficient (Wildman–Crippen LogP) is 2.84. The Morgan fingerprint density at radius 2 is 2.12 bits per heavy atom. The van der Waals surface area contributed by atoms with Gasteiger partial charge in [-0.1, -0.05) is 30.3 Å². The maximum Gasteiger partial charge on any atom is 0.274 e. The van der Waals surface area contributed by atoms with Crippen molar-refractivity contribution in [3.8, 4) is 10.6 Å². The van der Waals surface area contributed by atoms with Gasteiger partial charge >= 0.3 is 0 Å². The van der Waals surface area contributed by atoms with Crippen molar-refractivity contribution in [2.45, 2.75) is 12.6 Å². The lowest BCUT2D eigenvalue weighted by molar-refractivity contribution is 0.0544. The SMILES string of the molecule is Cn1nc(C(=O)N2Cc3ccccc3[C@@H](O)C2)cc1-c1cccs1. The van der Waals surface area contributed by atoms with Crippen molar-refractivity contribution >= 4 is 17.2 Å². The third-order valence-corrected chi connectivity index (χ3v) is 5.22. The van der Waals surface area contributed by atoms with E-state index in [1.165, 1.54) is 0 Å². The second-order valence-corrected chi connectivity index (χ2v) is 6.86. The van der Waals surface area contributed by atoms with Crippen LogP contribution in [0, 0.1) is 0 Å². The van der Waals surface area contributed by atoms with Crippen LogP contribution in [0.25, 0.3) is 10.6 Å². The zero-order chi connectivity index (χ0) is 16.7. The fraction of sp³-hybridized carbons (Fsp3) is 0.222. The summed E-state index contributed by atoms with van der Waals surface area (Å²) in [4.78, 5) is 15.6. The maximum atomic E-state index is 12.8. The zero-order valence-corrected chi connectivity index (χ0v) is 14.0. The minimum Gasteiger partial charge on any atom is -0.387 e. The Balaban J connectivity index is 1.62. The van der Waals surface area contributed by atoms with Gasteiger partial charge in [0, 0.05) is 13.6 Å². The van der Waals surface area contributed by atoms with E-state index in [1.807, 2.05) is 54.9 Å². The van der Waals surface area contributed by atoms with Gasteiger partial charge in [0.2, 0.25) is 0 Å². The molecule has 4 rings (SSSR count). The molecule has 3 heterocycles. The van der Waals surface area contributed by atoms with Gasteiger partial charge in [0.05, 0.1) is 23.2 Å². The van der Waals surface area contributed by atoms with Crippen molar-refractivity contribution in [2.75, 3.05) is 6.54 Å². The van der Waals surface area contributed by atoms with Crippen LogP contribution in [0.3, 0.4) is 0 Å². The molecule has 1 aliphatic rings. The summed E-state index contributed by atoms with van der Waals surface area (Å²) in [6.07, 6.45) is -0.653. The number of aryl methyl sites for hydroxylation is 1. The highest BCUT2D eigenvalue weighted by Crippen LogP contribution is 2.29. The number of benzene rings is 1. The fourth-order valence-corrected chi connectivity index (χ4v) is 3.90. The van der Waals surface area contributed by atoms with Crippen molar-refractivity contribution < 1.29 is 9.90 Å². The van der Waals surface area contributed by atoms with Gasteiger partial charge in [-0.2, -0.15) is 5.10 Å². The number of aliphatic hydroxyl groups excluding tert-OH is 1. The Hall–Kier alpha value is -2.44. The third-order valence-electron chi connectivity index (χ3n) is 4.33. The second kappa shape index (κ2) is 5.89. The molecule has 0 fully saturated rings. The van der Waals surface area contributed by atoms with Crippen LogP contribution in [0.2, 0.25) is 0 Å². The van der Waals surface area contributed by atoms with Gasteiger partial charge in [0.1, 0.15) is 0 Å². The van der Waals surface area contributed by atoms with Gasteiger partial charge in [-0.05, 0) is 28.6 Å². The Morgan fingerprint density at radius 1 is 1.29 bits per heavy atom. The van der Waals surface area contributed by atoms with E-state index in [9.17, 15) is 9.90 Å². The maximum absolute atomic E-state index is 12.8. The summed E-state index contributed by atoms with van der Waals surface area (Å²) in [5.41, 5.74) is 3.22. The van der Waals surface area contributed by atoms with E-state index < -0.39 is 6.10 Å². The van der Waals surface area contributed by atoms with Gasteiger partial charge in [-0.15, -0.1) is 11.3 Å². The summed E-state index contributed by atoms with van der Waals surface area (Å²) in [6, 6.07) is 13.5. The number of carbonyl (C=O) groups excluding carboxylic acids is 1. The average Bonchev–Trinajstić information content (AvgIpc) is 3.23. The van der Waals surface area contributed by atoms with Crippen molar-refractivity contribution in [3.63, 3.8) is 0 Å². The number of fused-ring (bicyclic) bond motifs is 1. The number of amides is 1. The molecule has 1 N–H and O–H groups in total. The number of β-amino-alcohol motifs (C(OH)–C–C–N with tert-alkyl or cyclic N) is 1. The molecule has 0 radical (unpaired) electrons. The molecule has 1 amide bonds. The first-order valence-electron chi connectivity index (χ1n) is 7.76. The van der Waals surface area contributed by atoms with E-state index >= 15 is 0 Å². The lowest BCUT2D eigenvalue weighted by Gasteiger charge is -2.31. The average molecular weight is 339 g/mol. The molecule has 2 aromatic heterocycles. The highest BCUT2D eigenvalue weighted by molar-refractivity contribution is 7.13. The molecule has 0 spiro atoms. The normalized spacial score (nSPS) is 16.9. The van der Waals surface area contributed by atoms with E-state index in [2.05, 4.69) is 5.10 Å². The number of thiophene rings is 1. The summed E-state index contributed by atoms with van der Waals surface area (Å²) in [5.74, 6) is -0.151.